The van der Waals surface area contributed by atoms with E-state index in [0.29, 0.717) is 24.3 Å². The number of hydrogen-bond donors (Lipinski definition) is 2. The van der Waals surface area contributed by atoms with E-state index in [1.807, 2.05) is 13.8 Å². The average Bonchev–Trinajstić information content (AvgIpc) is 2.98. The van der Waals surface area contributed by atoms with Gasteiger partial charge in [0.05, 0.1) is 6.10 Å². The number of carbonyl (C=O) groups excluding carboxylic acids is 1. The summed E-state index contributed by atoms with van der Waals surface area (Å²) >= 11 is 0. The van der Waals surface area contributed by atoms with Gasteiger partial charge in [0, 0.05) is 12.2 Å². The van der Waals surface area contributed by atoms with E-state index in [4.69, 9.17) is 9.84 Å². The number of rotatable bonds is 7. The van der Waals surface area contributed by atoms with Gasteiger partial charge in [-0.25, -0.2) is 13.2 Å². The molecule has 0 aromatic heterocycles. The summed E-state index contributed by atoms with van der Waals surface area (Å²) < 4.78 is 32.1. The molecule has 1 aliphatic rings. The molecule has 1 fully saturated rings. The van der Waals surface area contributed by atoms with Crippen LogP contribution in [0, 0.1) is 0 Å². The number of benzene rings is 1. The first-order valence-electron chi connectivity index (χ1n) is 7.97. The molecular formula is C16H22N2O6S. The third kappa shape index (κ3) is 5.35. The van der Waals surface area contributed by atoms with E-state index < -0.39 is 33.7 Å². The Morgan fingerprint density at radius 2 is 1.96 bits per heavy atom. The summed E-state index contributed by atoms with van der Waals surface area (Å²) in [6, 6.07) is 5.38. The zero-order valence-electron chi connectivity index (χ0n) is 14.1. The molecule has 1 atom stereocenters. The quantitative estimate of drug-likeness (QED) is 0.748. The standard InChI is InChI=1S/C16H22N2O6S/c1-11(2)24-13-7-5-12(6-8-13)17-25(22,23)10-15(19)18-9-3-4-14(18)16(20)21/h5-8,11,14,17H,3-4,9-10H2,1-2H3,(H,20,21)/t14-/m0/s1. The number of hydrogen-bond acceptors (Lipinski definition) is 5. The molecule has 0 saturated carbocycles. The summed E-state index contributed by atoms with van der Waals surface area (Å²) in [5.41, 5.74) is 0.306. The van der Waals surface area contributed by atoms with Crippen LogP contribution in [0.5, 0.6) is 5.75 Å². The van der Waals surface area contributed by atoms with Gasteiger partial charge in [-0.3, -0.25) is 9.52 Å². The molecule has 8 nitrogen and oxygen atoms in total. The number of carboxylic acids is 1. The molecule has 0 aliphatic carbocycles. The monoisotopic (exact) mass is 370 g/mol. The minimum atomic E-state index is -3.93. The van der Waals surface area contributed by atoms with Crippen LogP contribution in [0.1, 0.15) is 26.7 Å². The van der Waals surface area contributed by atoms with E-state index in [-0.39, 0.29) is 12.6 Å². The van der Waals surface area contributed by atoms with Crippen molar-refractivity contribution < 1.29 is 27.9 Å². The van der Waals surface area contributed by atoms with E-state index in [0.717, 1.165) is 4.90 Å². The van der Waals surface area contributed by atoms with Crippen LogP contribution in [0.15, 0.2) is 24.3 Å². The Hall–Kier alpha value is -2.29. The van der Waals surface area contributed by atoms with E-state index in [2.05, 4.69) is 4.72 Å². The Morgan fingerprint density at radius 1 is 1.32 bits per heavy atom. The molecule has 0 unspecified atom stereocenters. The van der Waals surface area contributed by atoms with Crippen molar-refractivity contribution in [1.29, 1.82) is 0 Å². The molecule has 138 valence electrons. The fraction of sp³-hybridized carbons (Fsp3) is 0.500. The second kappa shape index (κ2) is 7.73. The van der Waals surface area contributed by atoms with Crippen molar-refractivity contribution in [3.05, 3.63) is 24.3 Å². The fourth-order valence-electron chi connectivity index (χ4n) is 2.66. The molecule has 1 amide bonds. The highest BCUT2D eigenvalue weighted by Gasteiger charge is 2.35. The molecule has 0 radical (unpaired) electrons. The van der Waals surface area contributed by atoms with Crippen LogP contribution in [-0.2, 0) is 19.6 Å². The van der Waals surface area contributed by atoms with Crippen LogP contribution in [0.2, 0.25) is 0 Å². The van der Waals surface area contributed by atoms with Gasteiger partial charge in [0.15, 0.2) is 0 Å². The van der Waals surface area contributed by atoms with E-state index in [9.17, 15) is 18.0 Å². The number of likely N-dealkylation sites (tertiary alicyclic amines) is 1. The number of nitrogens with zero attached hydrogens (tertiary/aromatic N) is 1. The average molecular weight is 370 g/mol. The molecule has 0 spiro atoms. The van der Waals surface area contributed by atoms with Gasteiger partial charge < -0.3 is 14.7 Å². The molecule has 1 aliphatic heterocycles. The lowest BCUT2D eigenvalue weighted by atomic mass is 10.2. The number of anilines is 1. The van der Waals surface area contributed by atoms with Gasteiger partial charge in [-0.2, -0.15) is 0 Å². The fourth-order valence-corrected chi connectivity index (χ4v) is 3.72. The highest BCUT2D eigenvalue weighted by Crippen LogP contribution is 2.20. The maximum Gasteiger partial charge on any atom is 0.326 e. The summed E-state index contributed by atoms with van der Waals surface area (Å²) in [6.07, 6.45) is 0.891. The first-order valence-corrected chi connectivity index (χ1v) is 9.62. The van der Waals surface area contributed by atoms with Crippen molar-refractivity contribution in [2.75, 3.05) is 17.0 Å². The van der Waals surface area contributed by atoms with Crippen LogP contribution in [0.4, 0.5) is 5.69 Å². The van der Waals surface area contributed by atoms with Crippen LogP contribution in [0.25, 0.3) is 0 Å². The summed E-state index contributed by atoms with van der Waals surface area (Å²) in [5.74, 6) is -2.01. The maximum absolute atomic E-state index is 12.2. The highest BCUT2D eigenvalue weighted by molar-refractivity contribution is 7.93. The van der Waals surface area contributed by atoms with Crippen molar-refractivity contribution in [2.24, 2.45) is 0 Å². The number of nitrogens with one attached hydrogen (secondary N) is 1. The number of ether oxygens (including phenoxy) is 1. The molecule has 2 N–H and O–H groups in total. The van der Waals surface area contributed by atoms with Crippen molar-refractivity contribution >= 4 is 27.6 Å². The zero-order valence-corrected chi connectivity index (χ0v) is 15.0. The molecule has 1 aromatic carbocycles. The normalized spacial score (nSPS) is 17.6. The first kappa shape index (κ1) is 19.0. The second-order valence-electron chi connectivity index (χ2n) is 6.14. The number of aliphatic carboxylic acids is 1. The van der Waals surface area contributed by atoms with Gasteiger partial charge in [-0.05, 0) is 51.0 Å². The SMILES string of the molecule is CC(C)Oc1ccc(NS(=O)(=O)CC(=O)N2CCC[C@H]2C(=O)O)cc1. The Balaban J connectivity index is 1.99. The number of sulfonamides is 1. The van der Waals surface area contributed by atoms with Gasteiger partial charge in [0.1, 0.15) is 17.5 Å². The van der Waals surface area contributed by atoms with E-state index in [1.54, 1.807) is 12.1 Å². The molecular weight excluding hydrogens is 348 g/mol. The maximum atomic E-state index is 12.2. The number of amides is 1. The van der Waals surface area contributed by atoms with E-state index >= 15 is 0 Å². The topological polar surface area (TPSA) is 113 Å². The lowest BCUT2D eigenvalue weighted by molar-refractivity contribution is -0.147. The van der Waals surface area contributed by atoms with Crippen molar-refractivity contribution in [3.8, 4) is 5.75 Å². The number of carboxylic acid groups (broad SMARTS) is 1. The smallest absolute Gasteiger partial charge is 0.326 e. The van der Waals surface area contributed by atoms with Crippen LogP contribution < -0.4 is 9.46 Å². The van der Waals surface area contributed by atoms with Gasteiger partial charge in [0.25, 0.3) is 0 Å². The largest absolute Gasteiger partial charge is 0.491 e. The molecule has 25 heavy (non-hydrogen) atoms. The Kier molecular flexibility index (Phi) is 5.89. The molecule has 1 saturated heterocycles. The summed E-state index contributed by atoms with van der Waals surface area (Å²) in [4.78, 5) is 24.4. The first-order chi connectivity index (χ1) is 11.7. The third-order valence-electron chi connectivity index (χ3n) is 3.67. The number of carbonyl (C=O) groups is 2. The highest BCUT2D eigenvalue weighted by atomic mass is 32.2. The molecule has 1 aromatic rings. The Morgan fingerprint density at radius 3 is 2.52 bits per heavy atom. The summed E-state index contributed by atoms with van der Waals surface area (Å²) in [7, 11) is -3.93. The van der Waals surface area contributed by atoms with Crippen LogP contribution in [-0.4, -0.2) is 54.7 Å². The van der Waals surface area contributed by atoms with Crippen LogP contribution >= 0.6 is 0 Å². The molecule has 2 rings (SSSR count). The van der Waals surface area contributed by atoms with Gasteiger partial charge >= 0.3 is 5.97 Å². The second-order valence-corrected chi connectivity index (χ2v) is 7.86. The minimum Gasteiger partial charge on any atom is -0.491 e. The lowest BCUT2D eigenvalue weighted by Gasteiger charge is -2.21. The molecule has 1 heterocycles. The van der Waals surface area contributed by atoms with Gasteiger partial charge in [-0.1, -0.05) is 0 Å². The third-order valence-corrected chi connectivity index (χ3v) is 4.84. The zero-order chi connectivity index (χ0) is 18.6. The summed E-state index contributed by atoms with van der Waals surface area (Å²) in [6.45, 7) is 4.02. The van der Waals surface area contributed by atoms with Crippen LogP contribution in [0.3, 0.4) is 0 Å². The van der Waals surface area contributed by atoms with Gasteiger partial charge in [-0.15, -0.1) is 0 Å². The Bertz CT molecular complexity index is 729. The summed E-state index contributed by atoms with van der Waals surface area (Å²) in [5, 5.41) is 9.08. The van der Waals surface area contributed by atoms with Gasteiger partial charge in [0.2, 0.25) is 15.9 Å². The Labute approximate surface area is 146 Å². The predicted molar refractivity (Wildman–Crippen MR) is 92.0 cm³/mol. The van der Waals surface area contributed by atoms with Crippen molar-refractivity contribution in [1.82, 2.24) is 4.90 Å². The van der Waals surface area contributed by atoms with Crippen molar-refractivity contribution in [2.45, 2.75) is 38.8 Å². The predicted octanol–water partition coefficient (Wildman–Crippen LogP) is 1.29. The molecule has 9 heteroatoms. The molecule has 0 bridgehead atoms. The van der Waals surface area contributed by atoms with E-state index in [1.165, 1.54) is 12.1 Å². The van der Waals surface area contributed by atoms with Crippen molar-refractivity contribution in [3.63, 3.8) is 0 Å². The minimum absolute atomic E-state index is 0.00260. The lowest BCUT2D eigenvalue weighted by Crippen LogP contribution is -2.43.